The number of aliphatic imine (C=N–C) groups is 1. The normalized spacial score (nSPS) is 31.8. The van der Waals surface area contributed by atoms with Gasteiger partial charge >= 0.3 is 0 Å². The van der Waals surface area contributed by atoms with Crippen LogP contribution in [0.4, 0.5) is 0 Å². The van der Waals surface area contributed by atoms with Crippen molar-refractivity contribution in [2.24, 2.45) is 4.99 Å². The summed E-state index contributed by atoms with van der Waals surface area (Å²) in [4.78, 5) is 15.9. The molecule has 0 bridgehead atoms. The maximum Gasteiger partial charge on any atom is 0.249 e. The van der Waals surface area contributed by atoms with Crippen molar-refractivity contribution in [2.75, 3.05) is 6.54 Å². The average molecular weight is 216 g/mol. The molecule has 1 aromatic carbocycles. The molecule has 1 fully saturated rings. The van der Waals surface area contributed by atoms with E-state index in [-0.39, 0.29) is 5.91 Å². The second kappa shape index (κ2) is 3.33. The minimum Gasteiger partial charge on any atom is -0.470 e. The highest BCUT2D eigenvalue weighted by atomic mass is 16.5. The van der Waals surface area contributed by atoms with Crippen molar-refractivity contribution in [2.45, 2.75) is 18.1 Å². The summed E-state index contributed by atoms with van der Waals surface area (Å²) in [6.07, 6.45) is 2.16. The highest BCUT2D eigenvalue weighted by Gasteiger charge is 2.51. The van der Waals surface area contributed by atoms with Crippen LogP contribution in [0.25, 0.3) is 0 Å². The molecular weight excluding hydrogens is 204 g/mol. The van der Waals surface area contributed by atoms with Crippen LogP contribution in [0, 0.1) is 0 Å². The second-order valence-corrected chi connectivity index (χ2v) is 4.07. The average Bonchev–Trinajstić information content (AvgIpc) is 2.77. The zero-order valence-electron chi connectivity index (χ0n) is 8.72. The van der Waals surface area contributed by atoms with Crippen LogP contribution in [0.3, 0.4) is 0 Å². The van der Waals surface area contributed by atoms with Gasteiger partial charge in [-0.3, -0.25) is 4.79 Å². The summed E-state index contributed by atoms with van der Waals surface area (Å²) in [5.41, 5.74) is 0.441. The van der Waals surface area contributed by atoms with Crippen molar-refractivity contribution in [3.8, 4) is 0 Å². The van der Waals surface area contributed by atoms with Gasteiger partial charge in [-0.2, -0.15) is 0 Å². The number of carbonyl (C=O) groups excluding carboxylic acids is 1. The molecule has 1 aromatic rings. The number of carbonyl (C=O) groups is 1. The summed E-state index contributed by atoms with van der Waals surface area (Å²) in [5.74, 6) is -0.0520. The van der Waals surface area contributed by atoms with Gasteiger partial charge in [0.25, 0.3) is 0 Å². The first-order chi connectivity index (χ1) is 7.83. The lowest BCUT2D eigenvalue weighted by molar-refractivity contribution is -0.130. The SMILES string of the molecule is O=C1NCC[C@@]2(c3ccccc3)OC=N[C@@H]12. The van der Waals surface area contributed by atoms with Gasteiger partial charge in [0.15, 0.2) is 18.0 Å². The molecule has 2 aliphatic rings. The molecule has 1 amide bonds. The van der Waals surface area contributed by atoms with Gasteiger partial charge in [0.1, 0.15) is 0 Å². The number of fused-ring (bicyclic) bond motifs is 1. The maximum absolute atomic E-state index is 11.7. The third-order valence-electron chi connectivity index (χ3n) is 3.22. The summed E-state index contributed by atoms with van der Waals surface area (Å²) in [6.45, 7) is 0.633. The van der Waals surface area contributed by atoms with Crippen molar-refractivity contribution >= 4 is 12.3 Å². The monoisotopic (exact) mass is 216 g/mol. The molecular formula is C12H12N2O2. The fraction of sp³-hybridized carbons (Fsp3) is 0.333. The standard InChI is InChI=1S/C12H12N2O2/c15-11-10-12(6-7-13-11,16-8-14-10)9-4-2-1-3-5-9/h1-5,8,10H,6-7H2,(H,13,15)/t10-,12-/m0/s1. The Morgan fingerprint density at radius 3 is 3.00 bits per heavy atom. The van der Waals surface area contributed by atoms with Crippen LogP contribution in [-0.2, 0) is 15.1 Å². The van der Waals surface area contributed by atoms with Crippen LogP contribution in [0.5, 0.6) is 0 Å². The van der Waals surface area contributed by atoms with Gasteiger partial charge < -0.3 is 10.1 Å². The summed E-state index contributed by atoms with van der Waals surface area (Å²) in [6, 6.07) is 9.39. The third-order valence-corrected chi connectivity index (χ3v) is 3.22. The van der Waals surface area contributed by atoms with E-state index in [1.165, 1.54) is 6.40 Å². The number of hydrogen-bond donors (Lipinski definition) is 1. The van der Waals surface area contributed by atoms with Crippen molar-refractivity contribution in [1.29, 1.82) is 0 Å². The molecule has 4 nitrogen and oxygen atoms in total. The van der Waals surface area contributed by atoms with E-state index >= 15 is 0 Å². The third kappa shape index (κ3) is 1.16. The van der Waals surface area contributed by atoms with E-state index in [4.69, 9.17) is 4.74 Å². The molecule has 0 radical (unpaired) electrons. The fourth-order valence-electron chi connectivity index (χ4n) is 2.40. The first kappa shape index (κ1) is 9.39. The highest BCUT2D eigenvalue weighted by molar-refractivity contribution is 5.87. The maximum atomic E-state index is 11.7. The van der Waals surface area contributed by atoms with Crippen LogP contribution >= 0.6 is 0 Å². The van der Waals surface area contributed by atoms with Gasteiger partial charge in [-0.05, 0) is 5.56 Å². The summed E-state index contributed by atoms with van der Waals surface area (Å²) >= 11 is 0. The molecule has 1 saturated heterocycles. The summed E-state index contributed by atoms with van der Waals surface area (Å²) in [7, 11) is 0. The Hall–Kier alpha value is -1.84. The van der Waals surface area contributed by atoms with E-state index in [0.29, 0.717) is 6.54 Å². The molecule has 0 aromatic heterocycles. The van der Waals surface area contributed by atoms with Gasteiger partial charge in [0.2, 0.25) is 5.91 Å². The molecule has 0 aliphatic carbocycles. The molecule has 4 heteroatoms. The Kier molecular flexibility index (Phi) is 1.96. The largest absolute Gasteiger partial charge is 0.470 e. The Bertz CT molecular complexity index is 444. The van der Waals surface area contributed by atoms with Crippen LogP contribution in [0.1, 0.15) is 12.0 Å². The molecule has 0 spiro atoms. The van der Waals surface area contributed by atoms with E-state index in [2.05, 4.69) is 10.3 Å². The zero-order chi connectivity index (χ0) is 11.0. The van der Waals surface area contributed by atoms with Crippen molar-refractivity contribution in [3.63, 3.8) is 0 Å². The predicted molar refractivity (Wildman–Crippen MR) is 59.1 cm³/mol. The lowest BCUT2D eigenvalue weighted by atomic mass is 9.81. The van der Waals surface area contributed by atoms with Gasteiger partial charge in [0.05, 0.1) is 0 Å². The van der Waals surface area contributed by atoms with E-state index < -0.39 is 11.6 Å². The molecule has 0 unspecified atom stereocenters. The minimum atomic E-state index is -0.580. The molecule has 0 saturated carbocycles. The van der Waals surface area contributed by atoms with Gasteiger partial charge in [-0.1, -0.05) is 30.3 Å². The minimum absolute atomic E-state index is 0.0520. The fourth-order valence-corrected chi connectivity index (χ4v) is 2.40. The summed E-state index contributed by atoms with van der Waals surface area (Å²) < 4.78 is 5.65. The number of amides is 1. The molecule has 1 N–H and O–H groups in total. The number of benzene rings is 1. The van der Waals surface area contributed by atoms with Crippen LogP contribution in [0.2, 0.25) is 0 Å². The Balaban J connectivity index is 2.06. The molecule has 2 heterocycles. The lowest BCUT2D eigenvalue weighted by Gasteiger charge is -2.36. The zero-order valence-corrected chi connectivity index (χ0v) is 8.72. The lowest BCUT2D eigenvalue weighted by Crippen LogP contribution is -2.53. The van der Waals surface area contributed by atoms with Crippen LogP contribution in [-0.4, -0.2) is 24.9 Å². The Morgan fingerprint density at radius 2 is 2.19 bits per heavy atom. The number of piperidine rings is 1. The van der Waals surface area contributed by atoms with Crippen molar-refractivity contribution in [1.82, 2.24) is 5.32 Å². The van der Waals surface area contributed by atoms with E-state index in [0.717, 1.165) is 12.0 Å². The number of hydrogen-bond acceptors (Lipinski definition) is 3. The van der Waals surface area contributed by atoms with Crippen LogP contribution in [0.15, 0.2) is 35.3 Å². The number of nitrogens with one attached hydrogen (secondary N) is 1. The quantitative estimate of drug-likeness (QED) is 0.756. The van der Waals surface area contributed by atoms with Crippen LogP contribution < -0.4 is 5.32 Å². The Morgan fingerprint density at radius 1 is 1.38 bits per heavy atom. The van der Waals surface area contributed by atoms with Crippen molar-refractivity contribution < 1.29 is 9.53 Å². The molecule has 16 heavy (non-hydrogen) atoms. The molecule has 2 aliphatic heterocycles. The van der Waals surface area contributed by atoms with Gasteiger partial charge in [-0.25, -0.2) is 4.99 Å². The Labute approximate surface area is 93.3 Å². The molecule has 2 atom stereocenters. The highest BCUT2D eigenvalue weighted by Crippen LogP contribution is 2.39. The summed E-state index contributed by atoms with van der Waals surface area (Å²) in [5, 5.41) is 2.82. The number of ether oxygens (including phenoxy) is 1. The number of rotatable bonds is 1. The predicted octanol–water partition coefficient (Wildman–Crippen LogP) is 0.829. The molecule has 3 rings (SSSR count). The first-order valence-corrected chi connectivity index (χ1v) is 5.36. The van der Waals surface area contributed by atoms with E-state index in [1.807, 2.05) is 30.3 Å². The topological polar surface area (TPSA) is 50.7 Å². The van der Waals surface area contributed by atoms with Gasteiger partial charge in [0, 0.05) is 13.0 Å². The molecule has 82 valence electrons. The van der Waals surface area contributed by atoms with E-state index in [9.17, 15) is 4.79 Å². The number of nitrogens with zero attached hydrogens (tertiary/aromatic N) is 1. The van der Waals surface area contributed by atoms with E-state index in [1.54, 1.807) is 0 Å². The van der Waals surface area contributed by atoms with Crippen molar-refractivity contribution in [3.05, 3.63) is 35.9 Å². The first-order valence-electron chi connectivity index (χ1n) is 5.36. The smallest absolute Gasteiger partial charge is 0.249 e. The second-order valence-electron chi connectivity index (χ2n) is 4.07. The van der Waals surface area contributed by atoms with Gasteiger partial charge in [-0.15, -0.1) is 0 Å².